The predicted molar refractivity (Wildman–Crippen MR) is 94.7 cm³/mol. The number of fused-ring (bicyclic) bond motifs is 2. The average molecular weight is 359 g/mol. The van der Waals surface area contributed by atoms with Gasteiger partial charge in [-0.05, 0) is 43.5 Å². The Bertz CT molecular complexity index is 528. The highest BCUT2D eigenvalue weighted by atomic mass is 35.5. The lowest BCUT2D eigenvalue weighted by Crippen LogP contribution is -2.42. The lowest BCUT2D eigenvalue weighted by Gasteiger charge is -2.27. The van der Waals surface area contributed by atoms with Crippen molar-refractivity contribution in [1.82, 2.24) is 10.2 Å². The second-order valence-electron chi connectivity index (χ2n) is 6.38. The van der Waals surface area contributed by atoms with Gasteiger partial charge in [-0.2, -0.15) is 0 Å². The summed E-state index contributed by atoms with van der Waals surface area (Å²) in [6, 6.07) is 7.55. The van der Waals surface area contributed by atoms with E-state index in [9.17, 15) is 9.18 Å². The fourth-order valence-electron chi connectivity index (χ4n) is 3.28. The van der Waals surface area contributed by atoms with E-state index in [4.69, 9.17) is 0 Å². The van der Waals surface area contributed by atoms with E-state index >= 15 is 0 Å². The highest BCUT2D eigenvalue weighted by Gasteiger charge is 2.32. The van der Waals surface area contributed by atoms with Crippen LogP contribution >= 0.6 is 24.2 Å². The van der Waals surface area contributed by atoms with Gasteiger partial charge in [0.15, 0.2) is 0 Å². The second-order valence-corrected chi connectivity index (χ2v) is 7.47. The Labute approximate surface area is 147 Å². The van der Waals surface area contributed by atoms with Crippen molar-refractivity contribution in [1.29, 1.82) is 0 Å². The predicted octanol–water partition coefficient (Wildman–Crippen LogP) is 3.33. The van der Waals surface area contributed by atoms with E-state index in [2.05, 4.69) is 5.32 Å². The Morgan fingerprint density at radius 3 is 2.74 bits per heavy atom. The molecule has 2 bridgehead atoms. The SMILES string of the molecule is CC(CSc1ccc(F)cc1)C(=O)N1CCC2CCC(C1)N2.Cl. The van der Waals surface area contributed by atoms with E-state index < -0.39 is 0 Å². The van der Waals surface area contributed by atoms with Crippen LogP contribution in [0, 0.1) is 11.7 Å². The summed E-state index contributed by atoms with van der Waals surface area (Å²) in [5, 5.41) is 3.61. The fraction of sp³-hybridized carbons (Fsp3) is 0.588. The number of amides is 1. The zero-order valence-electron chi connectivity index (χ0n) is 13.3. The summed E-state index contributed by atoms with van der Waals surface area (Å²) in [5.41, 5.74) is 0. The summed E-state index contributed by atoms with van der Waals surface area (Å²) in [6.45, 7) is 3.72. The topological polar surface area (TPSA) is 32.3 Å². The first-order chi connectivity index (χ1) is 10.6. The van der Waals surface area contributed by atoms with Gasteiger partial charge < -0.3 is 10.2 Å². The zero-order chi connectivity index (χ0) is 15.5. The van der Waals surface area contributed by atoms with Crippen molar-refractivity contribution >= 4 is 30.1 Å². The van der Waals surface area contributed by atoms with E-state index in [-0.39, 0.29) is 30.0 Å². The molecule has 2 aliphatic rings. The van der Waals surface area contributed by atoms with E-state index in [1.807, 2.05) is 11.8 Å². The van der Waals surface area contributed by atoms with Crippen LogP contribution < -0.4 is 5.32 Å². The number of halogens is 2. The molecular weight excluding hydrogens is 335 g/mol. The average Bonchev–Trinajstić information content (AvgIpc) is 2.85. The van der Waals surface area contributed by atoms with Gasteiger partial charge in [-0.15, -0.1) is 24.2 Å². The van der Waals surface area contributed by atoms with Crippen LogP contribution in [-0.2, 0) is 4.79 Å². The number of benzene rings is 1. The third-order valence-electron chi connectivity index (χ3n) is 4.57. The highest BCUT2D eigenvalue weighted by molar-refractivity contribution is 7.99. The van der Waals surface area contributed by atoms with Gasteiger partial charge in [-0.25, -0.2) is 4.39 Å². The molecule has 1 aromatic carbocycles. The lowest BCUT2D eigenvalue weighted by atomic mass is 10.1. The van der Waals surface area contributed by atoms with Gasteiger partial charge in [-0.1, -0.05) is 6.92 Å². The van der Waals surface area contributed by atoms with Gasteiger partial charge >= 0.3 is 0 Å². The molecule has 1 aromatic rings. The quantitative estimate of drug-likeness (QED) is 0.838. The van der Waals surface area contributed by atoms with Crippen LogP contribution in [-0.4, -0.2) is 41.7 Å². The molecule has 0 aromatic heterocycles. The zero-order valence-corrected chi connectivity index (χ0v) is 15.0. The van der Waals surface area contributed by atoms with Crippen LogP contribution in [0.15, 0.2) is 29.2 Å². The molecule has 2 saturated heterocycles. The molecule has 0 saturated carbocycles. The second kappa shape index (κ2) is 8.36. The number of thioether (sulfide) groups is 1. The monoisotopic (exact) mass is 358 g/mol. The van der Waals surface area contributed by atoms with Crippen LogP contribution in [0.4, 0.5) is 4.39 Å². The summed E-state index contributed by atoms with van der Waals surface area (Å²) in [6.07, 6.45) is 3.51. The number of carbonyl (C=O) groups is 1. The summed E-state index contributed by atoms with van der Waals surface area (Å²) in [5.74, 6) is 0.763. The molecule has 23 heavy (non-hydrogen) atoms. The summed E-state index contributed by atoms with van der Waals surface area (Å²) in [4.78, 5) is 15.7. The molecule has 2 heterocycles. The molecule has 6 heteroatoms. The van der Waals surface area contributed by atoms with Crippen LogP contribution in [0.5, 0.6) is 0 Å². The normalized spacial score (nSPS) is 24.7. The van der Waals surface area contributed by atoms with Crippen molar-refractivity contribution in [3.05, 3.63) is 30.1 Å². The van der Waals surface area contributed by atoms with Crippen LogP contribution in [0.1, 0.15) is 26.2 Å². The Kier molecular flexibility index (Phi) is 6.74. The molecule has 1 amide bonds. The van der Waals surface area contributed by atoms with Crippen LogP contribution in [0.25, 0.3) is 0 Å². The largest absolute Gasteiger partial charge is 0.341 e. The summed E-state index contributed by atoms with van der Waals surface area (Å²) < 4.78 is 12.9. The fourth-order valence-corrected chi connectivity index (χ4v) is 4.19. The number of likely N-dealkylation sites (tertiary alicyclic amines) is 1. The first kappa shape index (κ1) is 18.6. The molecule has 0 radical (unpaired) electrons. The minimum Gasteiger partial charge on any atom is -0.341 e. The molecular formula is C17H24ClFN2OS. The van der Waals surface area contributed by atoms with E-state index in [1.165, 1.54) is 25.0 Å². The van der Waals surface area contributed by atoms with Crippen LogP contribution in [0.3, 0.4) is 0 Å². The maximum absolute atomic E-state index is 12.9. The van der Waals surface area contributed by atoms with Gasteiger partial charge in [0.25, 0.3) is 0 Å². The molecule has 1 N–H and O–H groups in total. The first-order valence-corrected chi connectivity index (χ1v) is 9.03. The maximum atomic E-state index is 12.9. The lowest BCUT2D eigenvalue weighted by molar-refractivity contribution is -0.134. The molecule has 3 nitrogen and oxygen atoms in total. The molecule has 0 spiro atoms. The van der Waals surface area contributed by atoms with Crippen molar-refractivity contribution in [3.63, 3.8) is 0 Å². The summed E-state index contributed by atoms with van der Waals surface area (Å²) >= 11 is 1.62. The number of hydrogen-bond acceptors (Lipinski definition) is 3. The van der Waals surface area contributed by atoms with Crippen molar-refractivity contribution in [2.75, 3.05) is 18.8 Å². The Morgan fingerprint density at radius 2 is 2.00 bits per heavy atom. The Balaban J connectivity index is 0.00000192. The number of nitrogens with zero attached hydrogens (tertiary/aromatic N) is 1. The van der Waals surface area contributed by atoms with Gasteiger partial charge in [0.2, 0.25) is 5.91 Å². The third-order valence-corrected chi connectivity index (χ3v) is 5.84. The van der Waals surface area contributed by atoms with E-state index in [1.54, 1.807) is 23.9 Å². The Hall–Kier alpha value is -0.780. The van der Waals surface area contributed by atoms with Gasteiger partial charge in [0, 0.05) is 41.7 Å². The van der Waals surface area contributed by atoms with Gasteiger partial charge in [0.1, 0.15) is 5.82 Å². The minimum absolute atomic E-state index is 0. The number of rotatable bonds is 4. The maximum Gasteiger partial charge on any atom is 0.226 e. The van der Waals surface area contributed by atoms with E-state index in [0.717, 1.165) is 30.2 Å². The first-order valence-electron chi connectivity index (χ1n) is 8.05. The molecule has 3 rings (SSSR count). The van der Waals surface area contributed by atoms with Crippen LogP contribution in [0.2, 0.25) is 0 Å². The Morgan fingerprint density at radius 1 is 1.30 bits per heavy atom. The van der Waals surface area contributed by atoms with Crippen molar-refractivity contribution in [2.45, 2.75) is 43.2 Å². The van der Waals surface area contributed by atoms with Crippen molar-refractivity contribution in [3.8, 4) is 0 Å². The van der Waals surface area contributed by atoms with Crippen molar-refractivity contribution < 1.29 is 9.18 Å². The molecule has 0 aliphatic carbocycles. The van der Waals surface area contributed by atoms with Gasteiger partial charge in [0.05, 0.1) is 0 Å². The molecule has 3 unspecified atom stereocenters. The molecule has 3 atom stereocenters. The molecule has 2 aliphatic heterocycles. The van der Waals surface area contributed by atoms with E-state index in [0.29, 0.717) is 12.1 Å². The minimum atomic E-state index is -0.222. The third kappa shape index (κ3) is 4.85. The van der Waals surface area contributed by atoms with Gasteiger partial charge in [-0.3, -0.25) is 4.79 Å². The molecule has 2 fully saturated rings. The standard InChI is InChI=1S/C17H23FN2OS.ClH/c1-12(11-22-16-6-2-13(18)3-7-16)17(21)20-9-8-14-4-5-15(10-20)19-14;/h2-3,6-7,12,14-15,19H,4-5,8-11H2,1H3;1H. The van der Waals surface area contributed by atoms with Crippen molar-refractivity contribution in [2.24, 2.45) is 5.92 Å². The smallest absolute Gasteiger partial charge is 0.226 e. The summed E-state index contributed by atoms with van der Waals surface area (Å²) in [7, 11) is 0. The number of hydrogen-bond donors (Lipinski definition) is 1. The number of nitrogens with one attached hydrogen (secondary N) is 1. The number of carbonyl (C=O) groups excluding carboxylic acids is 1. The molecule has 128 valence electrons. The highest BCUT2D eigenvalue weighted by Crippen LogP contribution is 2.24.